The Morgan fingerprint density at radius 2 is 2.04 bits per heavy atom. The topological polar surface area (TPSA) is 74.8 Å². The monoisotopic (exact) mass is 313 g/mol. The van der Waals surface area contributed by atoms with Crippen LogP contribution < -0.4 is 0 Å². The molecule has 23 heavy (non-hydrogen) atoms. The Balaban J connectivity index is 2.00. The molecule has 1 amide bonds. The molecule has 1 aliphatic rings. The predicted octanol–water partition coefficient (Wildman–Crippen LogP) is 2.88. The lowest BCUT2D eigenvalue weighted by Gasteiger charge is -2.31. The van der Waals surface area contributed by atoms with Crippen LogP contribution in [0.25, 0.3) is 11.4 Å². The van der Waals surface area contributed by atoms with Crippen molar-refractivity contribution in [3.05, 3.63) is 29.8 Å². The molecule has 0 aromatic carbocycles. The zero-order chi connectivity index (χ0) is 16.6. The van der Waals surface area contributed by atoms with E-state index in [-0.39, 0.29) is 11.9 Å². The Hall–Kier alpha value is -2.24. The third kappa shape index (κ3) is 2.98. The average molecular weight is 313 g/mol. The van der Waals surface area contributed by atoms with Crippen molar-refractivity contribution in [3.63, 3.8) is 0 Å². The summed E-state index contributed by atoms with van der Waals surface area (Å²) in [6.45, 7) is 8.60. The Kier molecular flexibility index (Phi) is 3.92. The van der Waals surface area contributed by atoms with Crippen LogP contribution in [0.1, 0.15) is 51.0 Å². The maximum absolute atomic E-state index is 12.8. The van der Waals surface area contributed by atoms with Gasteiger partial charge in [0.2, 0.25) is 5.91 Å². The van der Waals surface area contributed by atoms with Gasteiger partial charge in [0.1, 0.15) is 11.4 Å². The highest BCUT2D eigenvalue weighted by Gasteiger charge is 2.37. The third-order valence-corrected chi connectivity index (χ3v) is 4.15. The van der Waals surface area contributed by atoms with Crippen LogP contribution in [0, 0.1) is 12.3 Å². The maximum Gasteiger partial charge on any atom is 0.228 e. The minimum absolute atomic E-state index is 0.0255. The first-order chi connectivity index (χ1) is 10.9. The highest BCUT2D eigenvalue weighted by Crippen LogP contribution is 2.37. The largest absolute Gasteiger partial charge is 0.334 e. The number of carbonyl (C=O) groups is 1. The average Bonchev–Trinajstić information content (AvgIpc) is 3.14. The van der Waals surface area contributed by atoms with Gasteiger partial charge in [0.15, 0.2) is 0 Å². The van der Waals surface area contributed by atoms with E-state index in [2.05, 4.69) is 20.2 Å². The number of aromatic nitrogens is 4. The third-order valence-electron chi connectivity index (χ3n) is 4.15. The van der Waals surface area contributed by atoms with E-state index in [4.69, 9.17) is 0 Å². The fourth-order valence-corrected chi connectivity index (χ4v) is 3.05. The molecule has 3 rings (SSSR count). The van der Waals surface area contributed by atoms with Crippen molar-refractivity contribution in [3.8, 4) is 11.4 Å². The minimum atomic E-state index is -0.395. The van der Waals surface area contributed by atoms with Crippen molar-refractivity contribution in [2.45, 2.75) is 46.6 Å². The summed E-state index contributed by atoms with van der Waals surface area (Å²) in [4.78, 5) is 23.7. The van der Waals surface area contributed by atoms with Gasteiger partial charge in [-0.1, -0.05) is 20.8 Å². The molecular weight excluding hydrogens is 290 g/mol. The van der Waals surface area contributed by atoms with Gasteiger partial charge in [-0.2, -0.15) is 5.10 Å². The number of amides is 1. The van der Waals surface area contributed by atoms with E-state index in [1.54, 1.807) is 12.4 Å². The molecule has 6 heteroatoms. The summed E-state index contributed by atoms with van der Waals surface area (Å²) in [6, 6.07) is 1.93. The molecule has 1 N–H and O–H groups in total. The fourth-order valence-electron chi connectivity index (χ4n) is 3.05. The van der Waals surface area contributed by atoms with E-state index in [1.165, 1.54) is 0 Å². The number of H-pyrrole nitrogens is 1. The summed E-state index contributed by atoms with van der Waals surface area (Å²) in [6.07, 6.45) is 5.27. The Morgan fingerprint density at radius 3 is 2.70 bits per heavy atom. The summed E-state index contributed by atoms with van der Waals surface area (Å²) in [7, 11) is 0. The molecule has 3 heterocycles. The van der Waals surface area contributed by atoms with Crippen molar-refractivity contribution in [1.82, 2.24) is 25.1 Å². The first-order valence-corrected chi connectivity index (χ1v) is 8.02. The van der Waals surface area contributed by atoms with E-state index in [1.807, 2.05) is 38.7 Å². The van der Waals surface area contributed by atoms with Gasteiger partial charge in [0.25, 0.3) is 0 Å². The minimum Gasteiger partial charge on any atom is -0.334 e. The first kappa shape index (κ1) is 15.6. The van der Waals surface area contributed by atoms with E-state index < -0.39 is 5.41 Å². The maximum atomic E-state index is 12.8. The molecule has 1 fully saturated rings. The molecule has 1 atom stereocenters. The van der Waals surface area contributed by atoms with E-state index in [9.17, 15) is 4.79 Å². The molecule has 6 nitrogen and oxygen atoms in total. The van der Waals surface area contributed by atoms with Gasteiger partial charge in [-0.25, -0.2) is 0 Å². The zero-order valence-corrected chi connectivity index (χ0v) is 14.1. The van der Waals surface area contributed by atoms with Gasteiger partial charge >= 0.3 is 0 Å². The fraction of sp³-hybridized carbons (Fsp3) is 0.529. The lowest BCUT2D eigenvalue weighted by Crippen LogP contribution is -2.39. The van der Waals surface area contributed by atoms with Gasteiger partial charge in [0.05, 0.1) is 11.7 Å². The highest BCUT2D eigenvalue weighted by molar-refractivity contribution is 5.82. The molecule has 0 bridgehead atoms. The Labute approximate surface area is 136 Å². The lowest BCUT2D eigenvalue weighted by atomic mass is 9.94. The summed E-state index contributed by atoms with van der Waals surface area (Å²) < 4.78 is 0. The van der Waals surface area contributed by atoms with Gasteiger partial charge in [-0.05, 0) is 25.8 Å². The van der Waals surface area contributed by atoms with Crippen molar-refractivity contribution in [2.75, 3.05) is 6.54 Å². The SMILES string of the molecule is Cc1cc(-c2nccnc2C2CCCN2C(=O)C(C)(C)C)n[nH]1. The van der Waals surface area contributed by atoms with Crippen LogP contribution in [0.15, 0.2) is 18.5 Å². The van der Waals surface area contributed by atoms with Gasteiger partial charge in [-0.15, -0.1) is 0 Å². The number of aromatic amines is 1. The van der Waals surface area contributed by atoms with E-state index in [0.29, 0.717) is 0 Å². The molecule has 1 saturated heterocycles. The van der Waals surface area contributed by atoms with Gasteiger partial charge in [0, 0.05) is 30.0 Å². The van der Waals surface area contributed by atoms with Crippen LogP contribution in [0.5, 0.6) is 0 Å². The number of rotatable bonds is 2. The van der Waals surface area contributed by atoms with Crippen LogP contribution in [0.4, 0.5) is 0 Å². The van der Waals surface area contributed by atoms with Gasteiger partial charge < -0.3 is 4.90 Å². The second kappa shape index (κ2) is 5.76. The molecular formula is C17H23N5O. The van der Waals surface area contributed by atoms with Crippen molar-refractivity contribution in [2.24, 2.45) is 5.41 Å². The quantitative estimate of drug-likeness (QED) is 0.925. The van der Waals surface area contributed by atoms with Crippen LogP contribution >= 0.6 is 0 Å². The summed E-state index contributed by atoms with van der Waals surface area (Å²) in [5.74, 6) is 0.162. The normalized spacial score (nSPS) is 18.4. The summed E-state index contributed by atoms with van der Waals surface area (Å²) in [5.41, 5.74) is 2.96. The molecule has 2 aromatic heterocycles. The van der Waals surface area contributed by atoms with Crippen molar-refractivity contribution >= 4 is 5.91 Å². The summed E-state index contributed by atoms with van der Waals surface area (Å²) >= 11 is 0. The highest BCUT2D eigenvalue weighted by atomic mass is 16.2. The smallest absolute Gasteiger partial charge is 0.228 e. The Morgan fingerprint density at radius 1 is 1.30 bits per heavy atom. The number of nitrogens with one attached hydrogen (secondary N) is 1. The molecule has 0 spiro atoms. The van der Waals surface area contributed by atoms with Crippen LogP contribution in [0.2, 0.25) is 0 Å². The second-order valence-corrected chi connectivity index (χ2v) is 7.13. The predicted molar refractivity (Wildman–Crippen MR) is 87.5 cm³/mol. The standard InChI is InChI=1S/C17H23N5O/c1-11-10-12(21-20-11)14-15(19-8-7-18-14)13-6-5-9-22(13)16(23)17(2,3)4/h7-8,10,13H,5-6,9H2,1-4H3,(H,20,21). The first-order valence-electron chi connectivity index (χ1n) is 8.02. The lowest BCUT2D eigenvalue weighted by molar-refractivity contribution is -0.140. The van der Waals surface area contributed by atoms with Crippen LogP contribution in [-0.2, 0) is 4.79 Å². The zero-order valence-electron chi connectivity index (χ0n) is 14.1. The molecule has 1 unspecified atom stereocenters. The molecule has 1 aliphatic heterocycles. The molecule has 0 aliphatic carbocycles. The number of carbonyl (C=O) groups excluding carboxylic acids is 1. The second-order valence-electron chi connectivity index (χ2n) is 7.13. The molecule has 0 radical (unpaired) electrons. The Bertz CT molecular complexity index is 716. The number of aryl methyl sites for hydroxylation is 1. The number of hydrogen-bond acceptors (Lipinski definition) is 4. The van der Waals surface area contributed by atoms with E-state index in [0.717, 1.165) is 42.2 Å². The number of hydrogen-bond donors (Lipinski definition) is 1. The number of likely N-dealkylation sites (tertiary alicyclic amines) is 1. The van der Waals surface area contributed by atoms with Crippen LogP contribution in [-0.4, -0.2) is 37.5 Å². The van der Waals surface area contributed by atoms with Crippen molar-refractivity contribution in [1.29, 1.82) is 0 Å². The van der Waals surface area contributed by atoms with Crippen LogP contribution in [0.3, 0.4) is 0 Å². The molecule has 2 aromatic rings. The van der Waals surface area contributed by atoms with Crippen molar-refractivity contribution < 1.29 is 4.79 Å². The molecule has 122 valence electrons. The summed E-state index contributed by atoms with van der Waals surface area (Å²) in [5, 5.41) is 7.25. The van der Waals surface area contributed by atoms with E-state index >= 15 is 0 Å². The van der Waals surface area contributed by atoms with Gasteiger partial charge in [-0.3, -0.25) is 19.9 Å². The molecule has 0 saturated carbocycles. The number of nitrogens with zero attached hydrogens (tertiary/aromatic N) is 4.